The topological polar surface area (TPSA) is 80.0 Å². The number of fused-ring (bicyclic) bond motifs is 1. The average molecular weight is 456 g/mol. The van der Waals surface area contributed by atoms with Gasteiger partial charge in [0.05, 0.1) is 11.3 Å². The maximum absolute atomic E-state index is 14.0. The minimum atomic E-state index is -0.677. The summed E-state index contributed by atoms with van der Waals surface area (Å²) in [5, 5.41) is 6.42. The van der Waals surface area contributed by atoms with E-state index in [-0.39, 0.29) is 24.1 Å². The zero-order chi connectivity index (χ0) is 23.5. The Bertz CT molecular complexity index is 1170. The summed E-state index contributed by atoms with van der Waals surface area (Å²) >= 11 is 0. The predicted octanol–water partition coefficient (Wildman–Crippen LogP) is 3.22. The zero-order valence-electron chi connectivity index (χ0n) is 18.7. The highest BCUT2D eigenvalue weighted by Crippen LogP contribution is 2.26. The van der Waals surface area contributed by atoms with Gasteiger partial charge < -0.3 is 20.4 Å². The molecule has 2 aromatic heterocycles. The highest BCUT2D eigenvalue weighted by Gasteiger charge is 2.26. The van der Waals surface area contributed by atoms with Crippen LogP contribution in [0.1, 0.15) is 33.7 Å². The predicted molar refractivity (Wildman–Crippen MR) is 122 cm³/mol. The van der Waals surface area contributed by atoms with E-state index in [1.165, 1.54) is 18.2 Å². The fourth-order valence-corrected chi connectivity index (χ4v) is 4.27. The molecule has 4 rings (SSSR count). The smallest absolute Gasteiger partial charge is 0.270 e. The second-order valence-electron chi connectivity index (χ2n) is 8.45. The van der Waals surface area contributed by atoms with Crippen LogP contribution >= 0.6 is 0 Å². The molecule has 1 fully saturated rings. The Labute approximate surface area is 190 Å². The number of hydrogen-bond donors (Lipinski definition) is 2. The first kappa shape index (κ1) is 22.8. The zero-order valence-corrected chi connectivity index (χ0v) is 18.7. The summed E-state index contributed by atoms with van der Waals surface area (Å²) in [6, 6.07) is 5.38. The van der Waals surface area contributed by atoms with Crippen LogP contribution in [0.2, 0.25) is 0 Å². The maximum atomic E-state index is 14.0. The number of imidazole rings is 1. The Morgan fingerprint density at radius 2 is 2.09 bits per heavy atom. The third kappa shape index (κ3) is 4.88. The lowest BCUT2D eigenvalue weighted by atomic mass is 9.95. The SMILES string of the molecule is C=NCC1CNCC(NC(=O)c2c(C)nc3c(OCc4c(F)cccc4F)cc(C)cn23)C1. The summed E-state index contributed by atoms with van der Waals surface area (Å²) in [5.74, 6) is -0.925. The van der Waals surface area contributed by atoms with Crippen LogP contribution in [-0.2, 0) is 6.61 Å². The van der Waals surface area contributed by atoms with Crippen molar-refractivity contribution in [2.75, 3.05) is 19.6 Å². The molecule has 0 radical (unpaired) electrons. The lowest BCUT2D eigenvalue weighted by Gasteiger charge is -2.29. The Morgan fingerprint density at radius 3 is 2.82 bits per heavy atom. The van der Waals surface area contributed by atoms with E-state index in [1.54, 1.807) is 23.6 Å². The van der Waals surface area contributed by atoms with Crippen molar-refractivity contribution in [3.8, 4) is 5.75 Å². The van der Waals surface area contributed by atoms with Gasteiger partial charge >= 0.3 is 0 Å². The van der Waals surface area contributed by atoms with Crippen molar-refractivity contribution in [1.29, 1.82) is 0 Å². The summed E-state index contributed by atoms with van der Waals surface area (Å²) in [6.45, 7) is 9.04. The van der Waals surface area contributed by atoms with Gasteiger partial charge in [-0.3, -0.25) is 9.20 Å². The van der Waals surface area contributed by atoms with E-state index >= 15 is 0 Å². The molecule has 2 N–H and O–H groups in total. The van der Waals surface area contributed by atoms with Crippen LogP contribution in [0.3, 0.4) is 0 Å². The molecule has 0 spiro atoms. The number of aryl methyl sites for hydroxylation is 2. The van der Waals surface area contributed by atoms with Crippen molar-refractivity contribution in [2.24, 2.45) is 10.9 Å². The molecule has 9 heteroatoms. The fourth-order valence-electron chi connectivity index (χ4n) is 4.27. The lowest BCUT2D eigenvalue weighted by molar-refractivity contribution is 0.0918. The molecule has 3 aromatic rings. The monoisotopic (exact) mass is 455 g/mol. The standard InChI is InChI=1S/C24H27F2N5O2/c1-14-7-21(33-13-18-19(25)5-4-6-20(18)26)23-29-15(2)22(31(23)12-14)24(32)30-17-8-16(9-27-3)10-28-11-17/h4-7,12,16-17,28H,3,8-11,13H2,1-2H3,(H,30,32). The van der Waals surface area contributed by atoms with Crippen LogP contribution in [0, 0.1) is 31.4 Å². The van der Waals surface area contributed by atoms with Crippen LogP contribution in [0.15, 0.2) is 35.5 Å². The highest BCUT2D eigenvalue weighted by atomic mass is 19.1. The number of benzene rings is 1. The third-order valence-corrected chi connectivity index (χ3v) is 5.81. The summed E-state index contributed by atoms with van der Waals surface area (Å²) < 4.78 is 35.5. The van der Waals surface area contributed by atoms with Gasteiger partial charge in [0.25, 0.3) is 5.91 Å². The normalized spacial score (nSPS) is 18.3. The number of aliphatic imine (C=N–C) groups is 1. The summed E-state index contributed by atoms with van der Waals surface area (Å²) in [7, 11) is 0. The number of piperidine rings is 1. The summed E-state index contributed by atoms with van der Waals surface area (Å²) in [4.78, 5) is 21.7. The number of hydrogen-bond acceptors (Lipinski definition) is 5. The fraction of sp³-hybridized carbons (Fsp3) is 0.375. The molecule has 1 saturated heterocycles. The van der Waals surface area contributed by atoms with Crippen LogP contribution < -0.4 is 15.4 Å². The number of nitrogens with one attached hydrogen (secondary N) is 2. The Morgan fingerprint density at radius 1 is 1.33 bits per heavy atom. The molecule has 1 aliphatic heterocycles. The second-order valence-corrected chi connectivity index (χ2v) is 8.45. The van der Waals surface area contributed by atoms with E-state index in [9.17, 15) is 13.6 Å². The number of ether oxygens (including phenoxy) is 1. The number of nitrogens with zero attached hydrogens (tertiary/aromatic N) is 3. The van der Waals surface area contributed by atoms with Crippen molar-refractivity contribution in [3.05, 3.63) is 64.6 Å². The van der Waals surface area contributed by atoms with E-state index in [2.05, 4.69) is 27.3 Å². The van der Waals surface area contributed by atoms with Gasteiger partial charge in [0, 0.05) is 25.3 Å². The van der Waals surface area contributed by atoms with E-state index in [4.69, 9.17) is 4.74 Å². The summed E-state index contributed by atoms with van der Waals surface area (Å²) in [5.41, 5.74) is 2.00. The van der Waals surface area contributed by atoms with E-state index in [1.807, 2.05) is 6.92 Å². The van der Waals surface area contributed by atoms with Gasteiger partial charge in [0.15, 0.2) is 11.4 Å². The van der Waals surface area contributed by atoms with Crippen LogP contribution in [0.4, 0.5) is 8.78 Å². The van der Waals surface area contributed by atoms with Gasteiger partial charge in [-0.2, -0.15) is 0 Å². The minimum Gasteiger partial charge on any atom is -0.485 e. The van der Waals surface area contributed by atoms with Crippen LogP contribution in [-0.4, -0.2) is 47.7 Å². The average Bonchev–Trinajstić information content (AvgIpc) is 3.09. The van der Waals surface area contributed by atoms with Crippen molar-refractivity contribution in [3.63, 3.8) is 0 Å². The molecule has 0 saturated carbocycles. The van der Waals surface area contributed by atoms with Crippen molar-refractivity contribution in [2.45, 2.75) is 32.9 Å². The molecule has 1 aliphatic rings. The van der Waals surface area contributed by atoms with E-state index in [0.717, 1.165) is 18.5 Å². The molecule has 174 valence electrons. The number of carbonyl (C=O) groups excluding carboxylic acids is 1. The number of amides is 1. The van der Waals surface area contributed by atoms with Gasteiger partial charge in [-0.1, -0.05) is 6.07 Å². The summed E-state index contributed by atoms with van der Waals surface area (Å²) in [6.07, 6.45) is 2.61. The number of rotatable bonds is 7. The molecule has 7 nitrogen and oxygen atoms in total. The molecule has 2 atom stereocenters. The molecule has 1 amide bonds. The molecule has 2 unspecified atom stereocenters. The van der Waals surface area contributed by atoms with E-state index in [0.29, 0.717) is 41.8 Å². The van der Waals surface area contributed by atoms with Gasteiger partial charge in [-0.25, -0.2) is 13.8 Å². The Kier molecular flexibility index (Phi) is 6.69. The molecule has 1 aromatic carbocycles. The molecule has 33 heavy (non-hydrogen) atoms. The van der Waals surface area contributed by atoms with Gasteiger partial charge in [0.2, 0.25) is 0 Å². The molecule has 0 aliphatic carbocycles. The number of carbonyl (C=O) groups is 1. The largest absolute Gasteiger partial charge is 0.485 e. The van der Waals surface area contributed by atoms with Gasteiger partial charge in [0.1, 0.15) is 23.9 Å². The first-order valence-corrected chi connectivity index (χ1v) is 10.9. The quantitative estimate of drug-likeness (QED) is 0.536. The number of pyridine rings is 1. The Balaban J connectivity index is 1.59. The minimum absolute atomic E-state index is 0.0347. The van der Waals surface area contributed by atoms with Crippen molar-refractivity contribution in [1.82, 2.24) is 20.0 Å². The van der Waals surface area contributed by atoms with Gasteiger partial charge in [-0.15, -0.1) is 0 Å². The molecular formula is C24H27F2N5O2. The van der Waals surface area contributed by atoms with Crippen LogP contribution in [0.5, 0.6) is 5.75 Å². The second kappa shape index (κ2) is 9.66. The van der Waals surface area contributed by atoms with Crippen LogP contribution in [0.25, 0.3) is 5.65 Å². The third-order valence-electron chi connectivity index (χ3n) is 5.81. The van der Waals surface area contributed by atoms with E-state index < -0.39 is 11.6 Å². The number of halogens is 2. The first-order chi connectivity index (χ1) is 15.9. The van der Waals surface area contributed by atoms with Crippen molar-refractivity contribution >= 4 is 18.3 Å². The molecular weight excluding hydrogens is 428 g/mol. The van der Waals surface area contributed by atoms with Crippen molar-refractivity contribution < 1.29 is 18.3 Å². The van der Waals surface area contributed by atoms with Gasteiger partial charge in [-0.05, 0) is 63.2 Å². The number of aromatic nitrogens is 2. The maximum Gasteiger partial charge on any atom is 0.270 e. The first-order valence-electron chi connectivity index (χ1n) is 10.9. The molecule has 0 bridgehead atoms. The highest BCUT2D eigenvalue weighted by molar-refractivity contribution is 5.95. The Hall–Kier alpha value is -3.33. The molecule has 3 heterocycles. The lowest BCUT2D eigenvalue weighted by Crippen LogP contribution is -2.49.